The molecule has 0 unspecified atom stereocenters. The minimum absolute atomic E-state index is 0.0335. The van der Waals surface area contributed by atoms with Crippen LogP contribution in [0.15, 0.2) is 146 Å². The zero-order valence-corrected chi connectivity index (χ0v) is 30.0. The Morgan fingerprint density at radius 2 is 1.29 bits per heavy atom. The Morgan fingerprint density at radius 1 is 0.712 bits per heavy atom. The van der Waals surface area contributed by atoms with Gasteiger partial charge in [-0.3, -0.25) is 4.74 Å². The molecule has 7 rings (SSSR count). The average molecular weight is 719 g/mol. The molecular formula is C44H43ClO7. The lowest BCUT2D eigenvalue weighted by Gasteiger charge is -2.50. The normalized spacial score (nSPS) is 23.6. The molecule has 0 spiro atoms. The molecule has 5 atom stereocenters. The van der Waals surface area contributed by atoms with E-state index in [1.807, 2.05) is 140 Å². The van der Waals surface area contributed by atoms with Crippen LogP contribution >= 0.6 is 11.6 Å². The lowest BCUT2D eigenvalue weighted by Crippen LogP contribution is -2.66. The van der Waals surface area contributed by atoms with Crippen LogP contribution in [0.2, 0.25) is 5.02 Å². The van der Waals surface area contributed by atoms with E-state index in [2.05, 4.69) is 6.58 Å². The SMILES string of the molecule is C=CO[C@@]12CO[C@@](c3ccc(Cl)c(Cc4ccc(OCC)cc4)c3)(O1)[C@H](OCc1ccccc1)[C@@H](OCc1ccccc1)[C@@H]2OCc1ccccc1. The lowest BCUT2D eigenvalue weighted by molar-refractivity contribution is -0.389. The van der Waals surface area contributed by atoms with Crippen molar-refractivity contribution in [3.63, 3.8) is 0 Å². The van der Waals surface area contributed by atoms with Crippen LogP contribution in [0.25, 0.3) is 0 Å². The van der Waals surface area contributed by atoms with Gasteiger partial charge in [-0.2, -0.15) is 0 Å². The molecule has 0 aromatic heterocycles. The first-order chi connectivity index (χ1) is 25.5. The summed E-state index contributed by atoms with van der Waals surface area (Å²) < 4.78 is 46.4. The van der Waals surface area contributed by atoms with Crippen molar-refractivity contribution < 1.29 is 33.2 Å². The van der Waals surface area contributed by atoms with E-state index in [0.29, 0.717) is 24.7 Å². The zero-order valence-electron chi connectivity index (χ0n) is 29.2. The molecule has 0 N–H and O–H groups in total. The van der Waals surface area contributed by atoms with E-state index in [-0.39, 0.29) is 19.8 Å². The summed E-state index contributed by atoms with van der Waals surface area (Å²) >= 11 is 6.87. The van der Waals surface area contributed by atoms with E-state index >= 15 is 0 Å². The third kappa shape index (κ3) is 7.81. The fourth-order valence-corrected chi connectivity index (χ4v) is 7.09. The third-order valence-corrected chi connectivity index (χ3v) is 9.78. The van der Waals surface area contributed by atoms with Gasteiger partial charge < -0.3 is 28.4 Å². The van der Waals surface area contributed by atoms with Gasteiger partial charge in [0.15, 0.2) is 6.10 Å². The van der Waals surface area contributed by atoms with Crippen molar-refractivity contribution in [1.82, 2.24) is 0 Å². The van der Waals surface area contributed by atoms with Gasteiger partial charge in [0.2, 0.25) is 5.79 Å². The first kappa shape index (κ1) is 35.9. The predicted molar refractivity (Wildman–Crippen MR) is 200 cm³/mol. The highest BCUT2D eigenvalue weighted by Gasteiger charge is 2.71. The summed E-state index contributed by atoms with van der Waals surface area (Å²) in [6.45, 7) is 7.37. The van der Waals surface area contributed by atoms with Gasteiger partial charge in [0.05, 0.1) is 32.7 Å². The Kier molecular flexibility index (Phi) is 11.4. The van der Waals surface area contributed by atoms with Crippen LogP contribution in [-0.4, -0.2) is 37.3 Å². The van der Waals surface area contributed by atoms with Gasteiger partial charge >= 0.3 is 0 Å². The Hall–Kier alpha value is -4.47. The van der Waals surface area contributed by atoms with Crippen LogP contribution in [0, 0.1) is 0 Å². The molecule has 2 aliphatic heterocycles. The smallest absolute Gasteiger partial charge is 0.265 e. The van der Waals surface area contributed by atoms with Crippen LogP contribution in [0.5, 0.6) is 5.75 Å². The summed E-state index contributed by atoms with van der Waals surface area (Å²) in [5.41, 5.74) is 5.69. The Balaban J connectivity index is 1.30. The van der Waals surface area contributed by atoms with Crippen LogP contribution in [-0.2, 0) is 60.4 Å². The van der Waals surface area contributed by atoms with Crippen molar-refractivity contribution in [3.05, 3.63) is 185 Å². The van der Waals surface area contributed by atoms with E-state index in [4.69, 9.17) is 44.8 Å². The molecule has 2 bridgehead atoms. The summed E-state index contributed by atoms with van der Waals surface area (Å²) in [6.07, 6.45) is -0.344. The molecule has 2 heterocycles. The number of ether oxygens (including phenoxy) is 7. The molecular weight excluding hydrogens is 676 g/mol. The Labute approximate surface area is 310 Å². The van der Waals surface area contributed by atoms with Gasteiger partial charge in [-0.25, -0.2) is 0 Å². The van der Waals surface area contributed by atoms with Crippen molar-refractivity contribution in [2.75, 3.05) is 13.2 Å². The molecule has 268 valence electrons. The fourth-order valence-electron chi connectivity index (χ4n) is 6.91. The summed E-state index contributed by atoms with van der Waals surface area (Å²) in [5.74, 6) is -2.04. The average Bonchev–Trinajstić information content (AvgIpc) is 3.53. The summed E-state index contributed by atoms with van der Waals surface area (Å²) in [6, 6.07) is 43.9. The van der Waals surface area contributed by atoms with Crippen molar-refractivity contribution in [2.45, 2.75) is 63.1 Å². The van der Waals surface area contributed by atoms with Crippen molar-refractivity contribution in [3.8, 4) is 5.75 Å². The van der Waals surface area contributed by atoms with Gasteiger partial charge in [-0.05, 0) is 65.4 Å². The second-order valence-corrected chi connectivity index (χ2v) is 13.3. The monoisotopic (exact) mass is 718 g/mol. The number of fused-ring (bicyclic) bond motifs is 2. The minimum Gasteiger partial charge on any atom is -0.494 e. The van der Waals surface area contributed by atoms with Gasteiger partial charge in [0.1, 0.15) is 24.6 Å². The highest BCUT2D eigenvalue weighted by atomic mass is 35.5. The molecule has 0 saturated carbocycles. The quantitative estimate of drug-likeness (QED) is 0.0943. The number of halogens is 1. The Morgan fingerprint density at radius 3 is 1.87 bits per heavy atom. The van der Waals surface area contributed by atoms with E-state index in [9.17, 15) is 0 Å². The first-order valence-corrected chi connectivity index (χ1v) is 18.0. The minimum atomic E-state index is -1.45. The van der Waals surface area contributed by atoms with E-state index in [0.717, 1.165) is 39.1 Å². The maximum atomic E-state index is 7.07. The maximum absolute atomic E-state index is 7.07. The second kappa shape index (κ2) is 16.5. The van der Waals surface area contributed by atoms with E-state index in [1.54, 1.807) is 0 Å². The van der Waals surface area contributed by atoms with Crippen LogP contribution in [0.3, 0.4) is 0 Å². The van der Waals surface area contributed by atoms with Gasteiger partial charge in [0, 0.05) is 10.6 Å². The lowest BCUT2D eigenvalue weighted by atomic mass is 9.86. The van der Waals surface area contributed by atoms with Crippen molar-refractivity contribution in [1.29, 1.82) is 0 Å². The van der Waals surface area contributed by atoms with Crippen LogP contribution in [0.4, 0.5) is 0 Å². The third-order valence-electron chi connectivity index (χ3n) is 9.41. The highest BCUT2D eigenvalue weighted by Crippen LogP contribution is 2.53. The number of hydrogen-bond acceptors (Lipinski definition) is 7. The standard InChI is InChI=1S/C44H43ClO7/c1-3-46-38-23-20-32(21-24-38)26-36-27-37(22-25-39(36)45)44-42(49-30-35-18-12-7-13-19-35)40(47-28-33-14-8-5-9-15-33)41(43(52-44,31-51-44)50-4-2)48-29-34-16-10-6-11-17-34/h4-25,27,40-42H,2-3,26,28-31H2,1H3/t40-,41-,42+,43-,44-/m0/s1. The molecule has 8 heteroatoms. The molecule has 2 saturated heterocycles. The first-order valence-electron chi connectivity index (χ1n) is 17.6. The van der Waals surface area contributed by atoms with Crippen molar-refractivity contribution in [2.24, 2.45) is 0 Å². The maximum Gasteiger partial charge on any atom is 0.265 e. The zero-order chi connectivity index (χ0) is 35.8. The topological polar surface area (TPSA) is 64.6 Å². The van der Waals surface area contributed by atoms with Gasteiger partial charge in [0.25, 0.3) is 5.79 Å². The molecule has 0 radical (unpaired) electrons. The molecule has 0 aliphatic carbocycles. The summed E-state index contributed by atoms with van der Waals surface area (Å²) in [7, 11) is 0. The summed E-state index contributed by atoms with van der Waals surface area (Å²) in [5, 5.41) is 0.624. The molecule has 5 aromatic rings. The summed E-state index contributed by atoms with van der Waals surface area (Å²) in [4.78, 5) is 0. The molecule has 52 heavy (non-hydrogen) atoms. The molecule has 5 aromatic carbocycles. The second-order valence-electron chi connectivity index (χ2n) is 12.9. The van der Waals surface area contributed by atoms with E-state index < -0.39 is 29.9 Å². The number of rotatable bonds is 16. The van der Waals surface area contributed by atoms with Gasteiger partial charge in [-0.15, -0.1) is 0 Å². The fraction of sp³-hybridized carbons (Fsp3) is 0.273. The molecule has 2 fully saturated rings. The Bertz CT molecular complexity index is 1890. The predicted octanol–water partition coefficient (Wildman–Crippen LogP) is 9.16. The number of hydrogen-bond donors (Lipinski definition) is 0. The molecule has 2 aliphatic rings. The van der Waals surface area contributed by atoms with Crippen molar-refractivity contribution >= 4 is 11.6 Å². The van der Waals surface area contributed by atoms with Crippen LogP contribution < -0.4 is 4.74 Å². The molecule has 7 nitrogen and oxygen atoms in total. The van der Waals surface area contributed by atoms with E-state index in [1.165, 1.54) is 6.26 Å². The molecule has 0 amide bonds. The van der Waals surface area contributed by atoms with Gasteiger partial charge in [-0.1, -0.05) is 127 Å². The largest absolute Gasteiger partial charge is 0.494 e. The highest BCUT2D eigenvalue weighted by molar-refractivity contribution is 6.31. The number of benzene rings is 5. The van der Waals surface area contributed by atoms with Crippen LogP contribution in [0.1, 0.15) is 40.3 Å².